The molecule has 76 valence electrons. The second kappa shape index (κ2) is 5.91. The smallest absolute Gasteiger partial charge is 0.330 e. The molecule has 0 saturated heterocycles. The zero-order valence-electron chi connectivity index (χ0n) is 7.69. The van der Waals surface area contributed by atoms with Gasteiger partial charge in [0.1, 0.15) is 6.61 Å². The van der Waals surface area contributed by atoms with Gasteiger partial charge in [0, 0.05) is 19.9 Å². The summed E-state index contributed by atoms with van der Waals surface area (Å²) >= 11 is 0. The third-order valence-electron chi connectivity index (χ3n) is 1.15. The molecule has 0 aromatic heterocycles. The van der Waals surface area contributed by atoms with Crippen molar-refractivity contribution in [2.45, 2.75) is 0 Å². The quantitative estimate of drug-likeness (QED) is 0.284. The Morgan fingerprint density at radius 3 is 2.62 bits per heavy atom. The van der Waals surface area contributed by atoms with Crippen molar-refractivity contribution in [1.82, 2.24) is 0 Å². The number of carbonyl (C=O) groups is 1. The Balaban J connectivity index is 3.52. The molecule has 1 unspecified atom stereocenters. The Kier molecular flexibility index (Phi) is 5.62. The van der Waals surface area contributed by atoms with Gasteiger partial charge in [-0.1, -0.05) is 6.58 Å². The van der Waals surface area contributed by atoms with Gasteiger partial charge >= 0.3 is 13.6 Å². The fraction of sp³-hybridized carbons (Fsp3) is 0.571. The first kappa shape index (κ1) is 12.4. The summed E-state index contributed by atoms with van der Waals surface area (Å²) in [7, 11) is -1.67. The van der Waals surface area contributed by atoms with Gasteiger partial charge in [-0.05, 0) is 0 Å². The molecule has 1 atom stereocenters. The maximum Gasteiger partial charge on any atom is 0.330 e. The second-order valence-corrected chi connectivity index (χ2v) is 4.32. The molecule has 0 bridgehead atoms. The fourth-order valence-electron chi connectivity index (χ4n) is 0.457. The molecule has 0 heterocycles. The second-order valence-electron chi connectivity index (χ2n) is 2.16. The van der Waals surface area contributed by atoms with E-state index in [4.69, 9.17) is 4.52 Å². The van der Waals surface area contributed by atoms with Gasteiger partial charge in [-0.2, -0.15) is 0 Å². The average molecular weight is 208 g/mol. The van der Waals surface area contributed by atoms with Gasteiger partial charge in [0.2, 0.25) is 0 Å². The van der Waals surface area contributed by atoms with Crippen LogP contribution in [0.3, 0.4) is 0 Å². The van der Waals surface area contributed by atoms with Gasteiger partial charge < -0.3 is 13.8 Å². The van der Waals surface area contributed by atoms with Crippen LogP contribution in [0.5, 0.6) is 0 Å². The van der Waals surface area contributed by atoms with Crippen molar-refractivity contribution in [2.24, 2.45) is 0 Å². The fourth-order valence-corrected chi connectivity index (χ4v) is 0.969. The maximum absolute atomic E-state index is 11.1. The Morgan fingerprint density at radius 2 is 2.15 bits per heavy atom. The number of hydrogen-bond acceptors (Lipinski definition) is 5. The Hall–Kier alpha value is -0.640. The van der Waals surface area contributed by atoms with Crippen LogP contribution in [0.2, 0.25) is 0 Å². The van der Waals surface area contributed by atoms with Crippen molar-refractivity contribution in [3.63, 3.8) is 0 Å². The van der Waals surface area contributed by atoms with E-state index in [-0.39, 0.29) is 13.2 Å². The Morgan fingerprint density at radius 1 is 1.54 bits per heavy atom. The van der Waals surface area contributed by atoms with Crippen LogP contribution in [-0.2, 0) is 23.1 Å². The van der Waals surface area contributed by atoms with Crippen molar-refractivity contribution in [1.29, 1.82) is 0 Å². The van der Waals surface area contributed by atoms with Crippen LogP contribution in [0, 0.1) is 0 Å². The van der Waals surface area contributed by atoms with E-state index < -0.39 is 13.6 Å². The Bertz CT molecular complexity index is 225. The average Bonchev–Trinajstić information content (AvgIpc) is 2.12. The minimum absolute atomic E-state index is 0.0338. The van der Waals surface area contributed by atoms with E-state index in [0.717, 1.165) is 6.08 Å². The van der Waals surface area contributed by atoms with Crippen LogP contribution in [0.15, 0.2) is 12.7 Å². The highest BCUT2D eigenvalue weighted by atomic mass is 31.2. The van der Waals surface area contributed by atoms with Gasteiger partial charge in [0.05, 0.1) is 6.61 Å². The summed E-state index contributed by atoms with van der Waals surface area (Å²) in [6.07, 6.45) is 1.04. The first-order valence-electron chi connectivity index (χ1n) is 3.59. The lowest BCUT2D eigenvalue weighted by atomic mass is 10.6. The highest BCUT2D eigenvalue weighted by molar-refractivity contribution is 7.52. The molecular formula is C7H13O5P. The summed E-state index contributed by atoms with van der Waals surface area (Å²) in [5.41, 5.74) is 0. The third-order valence-corrected chi connectivity index (χ3v) is 2.47. The third kappa shape index (κ3) is 6.51. The lowest BCUT2D eigenvalue weighted by Gasteiger charge is -2.10. The van der Waals surface area contributed by atoms with Crippen LogP contribution in [-0.4, -0.2) is 33.0 Å². The monoisotopic (exact) mass is 208 g/mol. The van der Waals surface area contributed by atoms with E-state index in [0.29, 0.717) is 0 Å². The van der Waals surface area contributed by atoms with E-state index in [1.54, 1.807) is 0 Å². The summed E-state index contributed by atoms with van der Waals surface area (Å²) in [4.78, 5) is 10.5. The van der Waals surface area contributed by atoms with Crippen molar-refractivity contribution in [2.75, 3.05) is 27.0 Å². The zero-order chi connectivity index (χ0) is 10.3. The van der Waals surface area contributed by atoms with Crippen LogP contribution in [0.25, 0.3) is 0 Å². The van der Waals surface area contributed by atoms with E-state index in [2.05, 4.69) is 15.8 Å². The first-order chi connectivity index (χ1) is 6.02. The normalized spacial score (nSPS) is 14.6. The van der Waals surface area contributed by atoms with E-state index in [1.165, 1.54) is 13.8 Å². The lowest BCUT2D eigenvalue weighted by Crippen LogP contribution is -2.07. The molecule has 5 nitrogen and oxygen atoms in total. The highest BCUT2D eigenvalue weighted by Gasteiger charge is 2.13. The molecule has 0 amide bonds. The lowest BCUT2D eigenvalue weighted by molar-refractivity contribution is -0.138. The summed E-state index contributed by atoms with van der Waals surface area (Å²) in [5, 5.41) is 0. The molecular weight excluding hydrogens is 195 g/mol. The van der Waals surface area contributed by atoms with Gasteiger partial charge in [0.25, 0.3) is 0 Å². The first-order valence-corrected chi connectivity index (χ1v) is 5.58. The van der Waals surface area contributed by atoms with Crippen LogP contribution < -0.4 is 0 Å². The molecule has 0 aliphatic carbocycles. The van der Waals surface area contributed by atoms with Crippen molar-refractivity contribution in [3.05, 3.63) is 12.7 Å². The van der Waals surface area contributed by atoms with E-state index in [9.17, 15) is 9.36 Å². The topological polar surface area (TPSA) is 61.8 Å². The van der Waals surface area contributed by atoms with Crippen LogP contribution >= 0.6 is 7.60 Å². The van der Waals surface area contributed by atoms with Crippen LogP contribution in [0.1, 0.15) is 0 Å². The molecule has 0 N–H and O–H groups in total. The summed E-state index contributed by atoms with van der Waals surface area (Å²) in [6.45, 7) is 4.62. The molecule has 0 aliphatic rings. The minimum atomic E-state index is -2.96. The SMILES string of the molecule is C=CC(=O)OCCOP(C)(=O)OC. The van der Waals surface area contributed by atoms with Gasteiger partial charge in [0.15, 0.2) is 0 Å². The van der Waals surface area contributed by atoms with Crippen molar-refractivity contribution >= 4 is 13.6 Å². The zero-order valence-corrected chi connectivity index (χ0v) is 8.58. The summed E-state index contributed by atoms with van der Waals surface area (Å²) in [6, 6.07) is 0. The molecule has 0 spiro atoms. The number of esters is 1. The molecule has 0 aromatic carbocycles. The van der Waals surface area contributed by atoms with Gasteiger partial charge in [-0.3, -0.25) is 4.57 Å². The van der Waals surface area contributed by atoms with Crippen molar-refractivity contribution in [3.8, 4) is 0 Å². The molecule has 0 rings (SSSR count). The number of ether oxygens (including phenoxy) is 1. The van der Waals surface area contributed by atoms with Gasteiger partial charge in [-0.15, -0.1) is 0 Å². The van der Waals surface area contributed by atoms with E-state index in [1.807, 2.05) is 0 Å². The molecule has 0 aliphatic heterocycles. The number of rotatable bonds is 6. The minimum Gasteiger partial charge on any atom is -0.460 e. The van der Waals surface area contributed by atoms with E-state index >= 15 is 0 Å². The molecule has 13 heavy (non-hydrogen) atoms. The van der Waals surface area contributed by atoms with Gasteiger partial charge in [-0.25, -0.2) is 4.79 Å². The number of carbonyl (C=O) groups excluding carboxylic acids is 1. The van der Waals surface area contributed by atoms with Crippen molar-refractivity contribution < 1.29 is 23.1 Å². The largest absolute Gasteiger partial charge is 0.460 e. The summed E-state index contributed by atoms with van der Waals surface area (Å²) < 4.78 is 25.0. The summed E-state index contributed by atoms with van der Waals surface area (Å²) in [5.74, 6) is -0.535. The van der Waals surface area contributed by atoms with Crippen LogP contribution in [0.4, 0.5) is 0 Å². The molecule has 0 radical (unpaired) electrons. The standard InChI is InChI=1S/C7H13O5P/c1-4-7(8)11-5-6-12-13(3,9)10-2/h4H,1,5-6H2,2-3H3. The predicted molar refractivity (Wildman–Crippen MR) is 47.6 cm³/mol. The Labute approximate surface area is 77.2 Å². The molecule has 0 aromatic rings. The number of hydrogen-bond donors (Lipinski definition) is 0. The molecule has 0 saturated carbocycles. The maximum atomic E-state index is 11.1. The molecule has 6 heteroatoms. The predicted octanol–water partition coefficient (Wildman–Crippen LogP) is 1.20. The highest BCUT2D eigenvalue weighted by Crippen LogP contribution is 2.42. The molecule has 0 fully saturated rings.